The summed E-state index contributed by atoms with van der Waals surface area (Å²) in [6, 6.07) is 18.9. The minimum Gasteiger partial charge on any atom is -0.292 e. The second-order valence-corrected chi connectivity index (χ2v) is 9.40. The molecule has 0 aliphatic heterocycles. The van der Waals surface area contributed by atoms with E-state index in [1.165, 1.54) is 4.57 Å². The Kier molecular flexibility index (Phi) is 5.84. The number of imidazole rings is 1. The Balaban J connectivity index is 1.79. The molecule has 11 heteroatoms. The fraction of sp³-hybridized carbons (Fsp3) is 0.100. The Morgan fingerprint density at radius 1 is 0.488 bits per heavy atom. The summed E-state index contributed by atoms with van der Waals surface area (Å²) in [7, 11) is 0. The van der Waals surface area contributed by atoms with Crippen molar-refractivity contribution in [2.45, 2.75) is 18.5 Å². The van der Waals surface area contributed by atoms with Crippen molar-refractivity contribution in [2.24, 2.45) is 0 Å². The van der Waals surface area contributed by atoms with Gasteiger partial charge in [0.2, 0.25) is 0 Å². The van der Waals surface area contributed by atoms with Crippen molar-refractivity contribution in [3.63, 3.8) is 0 Å². The quantitative estimate of drug-likeness (QED) is 0.149. The van der Waals surface area contributed by atoms with Crippen molar-refractivity contribution in [1.82, 2.24) is 9.55 Å². The van der Waals surface area contributed by atoms with E-state index >= 15 is 0 Å². The van der Waals surface area contributed by atoms with E-state index in [0.29, 0.717) is 28.4 Å². The molecule has 5 aromatic carbocycles. The highest BCUT2D eigenvalue weighted by Crippen LogP contribution is 2.43. The summed E-state index contributed by atoms with van der Waals surface area (Å²) in [5, 5.41) is 2.58. The molecule has 0 atom stereocenters. The van der Waals surface area contributed by atoms with Gasteiger partial charge in [-0.05, 0) is 53.2 Å². The summed E-state index contributed by atoms with van der Waals surface area (Å²) in [5.74, 6) is -0.294. The minimum atomic E-state index is -5.11. The molecule has 0 spiro atoms. The molecule has 1 aromatic heterocycles. The van der Waals surface area contributed by atoms with Crippen LogP contribution in [0.2, 0.25) is 0 Å². The molecule has 1 heterocycles. The molecule has 0 unspecified atom stereocenters. The van der Waals surface area contributed by atoms with Crippen molar-refractivity contribution < 1.29 is 39.5 Å². The molecule has 0 saturated heterocycles. The van der Waals surface area contributed by atoms with Gasteiger partial charge in [0.25, 0.3) is 0 Å². The number of benzene rings is 5. The SMILES string of the molecule is FC(F)(F)c1ccc(-n2c(-c3cc(C(F)(F)F)cc(C(F)(F)F)c3)nc3c4ccccc4c4ccccc4c32)cc1. The Morgan fingerprint density at radius 2 is 0.951 bits per heavy atom. The van der Waals surface area contributed by atoms with E-state index in [1.807, 2.05) is 0 Å². The molecular formula is C30H15F9N2. The molecular weight excluding hydrogens is 559 g/mol. The molecule has 41 heavy (non-hydrogen) atoms. The smallest absolute Gasteiger partial charge is 0.292 e. The fourth-order valence-corrected chi connectivity index (χ4v) is 5.03. The average molecular weight is 574 g/mol. The van der Waals surface area contributed by atoms with Crippen LogP contribution in [0.4, 0.5) is 39.5 Å². The maximum Gasteiger partial charge on any atom is 0.416 e. The molecule has 0 radical (unpaired) electrons. The third-order valence-corrected chi connectivity index (χ3v) is 6.83. The summed E-state index contributed by atoms with van der Waals surface area (Å²) in [5.41, 5.74) is -3.90. The number of rotatable bonds is 2. The highest BCUT2D eigenvalue weighted by atomic mass is 19.4. The third-order valence-electron chi connectivity index (χ3n) is 6.83. The number of halogens is 9. The van der Waals surface area contributed by atoms with Crippen LogP contribution in [0.15, 0.2) is 91.0 Å². The Labute approximate surface area is 225 Å². The van der Waals surface area contributed by atoms with Gasteiger partial charge in [-0.3, -0.25) is 4.57 Å². The molecule has 0 fully saturated rings. The Hall–Kier alpha value is -4.54. The summed E-state index contributed by atoms with van der Waals surface area (Å²) in [6.45, 7) is 0. The van der Waals surface area contributed by atoms with Gasteiger partial charge >= 0.3 is 18.5 Å². The van der Waals surface area contributed by atoms with E-state index in [2.05, 4.69) is 4.98 Å². The lowest BCUT2D eigenvalue weighted by molar-refractivity contribution is -0.143. The van der Waals surface area contributed by atoms with Gasteiger partial charge in [0.1, 0.15) is 5.82 Å². The first-order valence-electron chi connectivity index (χ1n) is 12.0. The summed E-state index contributed by atoms with van der Waals surface area (Å²) < 4.78 is 124. The maximum absolute atomic E-state index is 13.8. The van der Waals surface area contributed by atoms with Crippen LogP contribution in [0.5, 0.6) is 0 Å². The predicted molar refractivity (Wildman–Crippen MR) is 137 cm³/mol. The zero-order valence-corrected chi connectivity index (χ0v) is 20.5. The maximum atomic E-state index is 13.8. The van der Waals surface area contributed by atoms with Gasteiger partial charge in [-0.15, -0.1) is 0 Å². The monoisotopic (exact) mass is 574 g/mol. The summed E-state index contributed by atoms with van der Waals surface area (Å²) in [4.78, 5) is 4.56. The van der Waals surface area contributed by atoms with Crippen LogP contribution in [0.1, 0.15) is 16.7 Å². The molecule has 2 nitrogen and oxygen atoms in total. The number of alkyl halides is 9. The van der Waals surface area contributed by atoms with Gasteiger partial charge in [0.05, 0.1) is 27.7 Å². The number of nitrogens with zero attached hydrogens (tertiary/aromatic N) is 2. The topological polar surface area (TPSA) is 17.8 Å². The highest BCUT2D eigenvalue weighted by Gasteiger charge is 2.38. The zero-order valence-electron chi connectivity index (χ0n) is 20.5. The molecule has 0 bridgehead atoms. The standard InChI is InChI=1S/C30H15F9N2/c31-28(32,33)17-9-11-20(12-10-17)41-26-24-8-4-2-6-22(24)21-5-1-3-7-23(21)25(26)40-27(41)16-13-18(29(34,35)36)15-19(14-16)30(37,38)39/h1-15H. The van der Waals surface area contributed by atoms with E-state index in [4.69, 9.17) is 0 Å². The van der Waals surface area contributed by atoms with Gasteiger partial charge < -0.3 is 0 Å². The molecule has 0 saturated carbocycles. The van der Waals surface area contributed by atoms with Gasteiger partial charge in [-0.2, -0.15) is 39.5 Å². The lowest BCUT2D eigenvalue weighted by Gasteiger charge is -2.16. The molecule has 0 aliphatic carbocycles. The van der Waals surface area contributed by atoms with Gasteiger partial charge in [0, 0.05) is 22.0 Å². The highest BCUT2D eigenvalue weighted by molar-refractivity contribution is 6.24. The van der Waals surface area contributed by atoms with Crippen LogP contribution in [0, 0.1) is 0 Å². The number of aromatic nitrogens is 2. The minimum absolute atomic E-state index is 0.0133. The van der Waals surface area contributed by atoms with E-state index in [9.17, 15) is 39.5 Å². The Bertz CT molecular complexity index is 1910. The van der Waals surface area contributed by atoms with E-state index in [0.717, 1.165) is 35.0 Å². The molecule has 0 amide bonds. The van der Waals surface area contributed by atoms with Crippen molar-refractivity contribution in [1.29, 1.82) is 0 Å². The second kappa shape index (κ2) is 8.98. The number of fused-ring (bicyclic) bond motifs is 6. The summed E-state index contributed by atoms with van der Waals surface area (Å²) in [6.07, 6.45) is -14.9. The lowest BCUT2D eigenvalue weighted by Crippen LogP contribution is -2.11. The third kappa shape index (κ3) is 4.55. The normalized spacial score (nSPS) is 13.0. The van der Waals surface area contributed by atoms with Gasteiger partial charge in [0.15, 0.2) is 0 Å². The predicted octanol–water partition coefficient (Wildman–Crippen LogP) is 10.1. The van der Waals surface area contributed by atoms with E-state index < -0.39 is 40.8 Å². The Morgan fingerprint density at radius 3 is 1.46 bits per heavy atom. The molecule has 6 rings (SSSR count). The largest absolute Gasteiger partial charge is 0.416 e. The van der Waals surface area contributed by atoms with Gasteiger partial charge in [-0.1, -0.05) is 48.5 Å². The van der Waals surface area contributed by atoms with Crippen LogP contribution in [-0.4, -0.2) is 9.55 Å². The van der Waals surface area contributed by atoms with Crippen molar-refractivity contribution in [3.05, 3.63) is 108 Å². The first-order valence-corrected chi connectivity index (χ1v) is 12.0. The van der Waals surface area contributed by atoms with Gasteiger partial charge in [-0.25, -0.2) is 4.98 Å². The van der Waals surface area contributed by atoms with E-state index in [-0.39, 0.29) is 23.1 Å². The first-order chi connectivity index (χ1) is 19.2. The zero-order chi connectivity index (χ0) is 29.3. The number of hydrogen-bond donors (Lipinski definition) is 0. The van der Waals surface area contributed by atoms with Crippen LogP contribution in [0.25, 0.3) is 49.7 Å². The molecule has 208 valence electrons. The number of hydrogen-bond acceptors (Lipinski definition) is 1. The molecule has 0 N–H and O–H groups in total. The molecule has 6 aromatic rings. The summed E-state index contributed by atoms with van der Waals surface area (Å²) >= 11 is 0. The van der Waals surface area contributed by atoms with Crippen molar-refractivity contribution >= 4 is 32.6 Å². The first kappa shape index (κ1) is 26.7. The van der Waals surface area contributed by atoms with E-state index in [1.54, 1.807) is 48.5 Å². The van der Waals surface area contributed by atoms with Crippen molar-refractivity contribution in [2.75, 3.05) is 0 Å². The fourth-order valence-electron chi connectivity index (χ4n) is 5.03. The average Bonchev–Trinajstić information content (AvgIpc) is 3.33. The van der Waals surface area contributed by atoms with Crippen molar-refractivity contribution in [3.8, 4) is 17.1 Å². The lowest BCUT2D eigenvalue weighted by atomic mass is 10.00. The van der Waals surface area contributed by atoms with Crippen LogP contribution in [0.3, 0.4) is 0 Å². The van der Waals surface area contributed by atoms with Crippen LogP contribution < -0.4 is 0 Å². The molecule has 0 aliphatic rings. The van der Waals surface area contributed by atoms with Crippen LogP contribution in [-0.2, 0) is 18.5 Å². The van der Waals surface area contributed by atoms with Crippen LogP contribution >= 0.6 is 0 Å². The second-order valence-electron chi connectivity index (χ2n) is 9.40.